The van der Waals surface area contributed by atoms with Gasteiger partial charge in [-0.15, -0.1) is 0 Å². The van der Waals surface area contributed by atoms with Gasteiger partial charge >= 0.3 is 0 Å². The minimum Gasteiger partial charge on any atom is -0.302 e. The Hall–Kier alpha value is -1.15. The predicted molar refractivity (Wildman–Crippen MR) is 77.0 cm³/mol. The van der Waals surface area contributed by atoms with Crippen LogP contribution in [-0.2, 0) is 4.79 Å². The highest BCUT2D eigenvalue weighted by molar-refractivity contribution is 5.75. The van der Waals surface area contributed by atoms with E-state index < -0.39 is 0 Å². The van der Waals surface area contributed by atoms with E-state index in [0.29, 0.717) is 12.5 Å². The zero-order chi connectivity index (χ0) is 13.9. The van der Waals surface area contributed by atoms with E-state index in [9.17, 15) is 4.79 Å². The van der Waals surface area contributed by atoms with E-state index in [1.54, 1.807) is 6.92 Å². The van der Waals surface area contributed by atoms with Crippen LogP contribution < -0.4 is 0 Å². The topological polar surface area (TPSA) is 20.3 Å². The number of carbonyl (C=O) groups is 1. The van der Waals surface area contributed by atoms with Crippen molar-refractivity contribution in [2.24, 2.45) is 0 Å². The van der Waals surface area contributed by atoms with Crippen LogP contribution >= 0.6 is 0 Å². The van der Waals surface area contributed by atoms with Gasteiger partial charge in [-0.05, 0) is 70.5 Å². The summed E-state index contributed by atoms with van der Waals surface area (Å²) in [6, 6.07) is 4.72. The molecule has 0 aliphatic rings. The summed E-state index contributed by atoms with van der Waals surface area (Å²) in [7, 11) is 4.17. The Morgan fingerprint density at radius 3 is 2.28 bits per heavy atom. The lowest BCUT2D eigenvalue weighted by Crippen LogP contribution is -2.22. The van der Waals surface area contributed by atoms with E-state index in [0.717, 1.165) is 6.42 Å². The van der Waals surface area contributed by atoms with Gasteiger partial charge in [0.2, 0.25) is 0 Å². The summed E-state index contributed by atoms with van der Waals surface area (Å²) in [6.07, 6.45) is 1.54. The number of Topliss-reactive ketones (excluding diaryl/α,β-unsaturated/α-hetero) is 1. The van der Waals surface area contributed by atoms with Crippen LogP contribution in [0.25, 0.3) is 0 Å². The summed E-state index contributed by atoms with van der Waals surface area (Å²) in [5.41, 5.74) is 5.41. The smallest absolute Gasteiger partial charge is 0.129 e. The largest absolute Gasteiger partial charge is 0.302 e. The SMILES string of the molecule is CC(=O)CCC(c1ccc(C)c(C)c1C)N(C)C. The van der Waals surface area contributed by atoms with Gasteiger partial charge < -0.3 is 9.69 Å². The van der Waals surface area contributed by atoms with E-state index >= 15 is 0 Å². The molecule has 0 aromatic heterocycles. The molecule has 1 atom stereocenters. The standard InChI is InChI=1S/C16H25NO/c1-11-7-9-15(14(4)13(11)3)16(17(5)6)10-8-12(2)18/h7,9,16H,8,10H2,1-6H3. The van der Waals surface area contributed by atoms with Crippen LogP contribution in [0.15, 0.2) is 12.1 Å². The number of nitrogens with zero attached hydrogens (tertiary/aromatic N) is 1. The van der Waals surface area contributed by atoms with Crippen LogP contribution in [0.4, 0.5) is 0 Å². The average molecular weight is 247 g/mol. The predicted octanol–water partition coefficient (Wildman–Crippen LogP) is 3.58. The fraction of sp³-hybridized carbons (Fsp3) is 0.562. The molecule has 100 valence electrons. The van der Waals surface area contributed by atoms with Gasteiger partial charge in [0.1, 0.15) is 5.78 Å². The number of rotatable bonds is 5. The maximum atomic E-state index is 11.2. The van der Waals surface area contributed by atoms with E-state index in [2.05, 4.69) is 51.9 Å². The molecule has 0 heterocycles. The Bertz CT molecular complexity index is 435. The van der Waals surface area contributed by atoms with Crippen molar-refractivity contribution in [1.29, 1.82) is 0 Å². The van der Waals surface area contributed by atoms with Crippen LogP contribution in [-0.4, -0.2) is 24.8 Å². The van der Waals surface area contributed by atoms with E-state index in [1.807, 2.05) is 0 Å². The molecule has 1 aromatic carbocycles. The van der Waals surface area contributed by atoms with Crippen molar-refractivity contribution in [2.45, 2.75) is 46.6 Å². The normalized spacial score (nSPS) is 12.8. The first-order valence-electron chi connectivity index (χ1n) is 6.57. The average Bonchev–Trinajstić information content (AvgIpc) is 2.28. The number of hydrogen-bond donors (Lipinski definition) is 0. The van der Waals surface area contributed by atoms with E-state index in [-0.39, 0.29) is 5.78 Å². The molecule has 0 aliphatic carbocycles. The maximum absolute atomic E-state index is 11.2. The molecule has 0 N–H and O–H groups in total. The molecule has 0 saturated heterocycles. The number of hydrogen-bond acceptors (Lipinski definition) is 2. The van der Waals surface area contributed by atoms with Crippen molar-refractivity contribution < 1.29 is 4.79 Å². The molecule has 1 aromatic rings. The molecule has 1 rings (SSSR count). The number of aryl methyl sites for hydroxylation is 1. The molecule has 18 heavy (non-hydrogen) atoms. The highest BCUT2D eigenvalue weighted by Gasteiger charge is 2.18. The number of carbonyl (C=O) groups excluding carboxylic acids is 1. The second-order valence-electron chi connectivity index (χ2n) is 5.44. The highest BCUT2D eigenvalue weighted by atomic mass is 16.1. The van der Waals surface area contributed by atoms with Gasteiger partial charge in [0.25, 0.3) is 0 Å². The third-order valence-corrected chi connectivity index (χ3v) is 3.85. The van der Waals surface area contributed by atoms with Crippen molar-refractivity contribution in [3.63, 3.8) is 0 Å². The van der Waals surface area contributed by atoms with Gasteiger partial charge in [0, 0.05) is 12.5 Å². The Labute approximate surface area is 111 Å². The van der Waals surface area contributed by atoms with Gasteiger partial charge in [0.15, 0.2) is 0 Å². The molecular formula is C16H25NO. The molecule has 1 unspecified atom stereocenters. The molecule has 0 fully saturated rings. The van der Waals surface area contributed by atoms with Crippen LogP contribution in [0.3, 0.4) is 0 Å². The Balaban J connectivity index is 3.06. The first kappa shape index (κ1) is 14.9. The minimum absolute atomic E-state index is 0.267. The summed E-state index contributed by atoms with van der Waals surface area (Å²) in [6.45, 7) is 8.17. The fourth-order valence-electron chi connectivity index (χ4n) is 2.37. The molecule has 0 radical (unpaired) electrons. The zero-order valence-corrected chi connectivity index (χ0v) is 12.5. The third kappa shape index (κ3) is 3.42. The van der Waals surface area contributed by atoms with Crippen molar-refractivity contribution in [3.05, 3.63) is 34.4 Å². The lowest BCUT2D eigenvalue weighted by atomic mass is 9.91. The minimum atomic E-state index is 0.267. The lowest BCUT2D eigenvalue weighted by Gasteiger charge is -2.27. The van der Waals surface area contributed by atoms with Gasteiger partial charge in [-0.2, -0.15) is 0 Å². The Morgan fingerprint density at radius 2 is 1.78 bits per heavy atom. The quantitative estimate of drug-likeness (QED) is 0.792. The second kappa shape index (κ2) is 6.14. The van der Waals surface area contributed by atoms with Gasteiger partial charge in [-0.25, -0.2) is 0 Å². The van der Waals surface area contributed by atoms with Gasteiger partial charge in [-0.1, -0.05) is 12.1 Å². The van der Waals surface area contributed by atoms with Crippen molar-refractivity contribution >= 4 is 5.78 Å². The molecule has 2 nitrogen and oxygen atoms in total. The zero-order valence-electron chi connectivity index (χ0n) is 12.5. The Morgan fingerprint density at radius 1 is 1.17 bits per heavy atom. The maximum Gasteiger partial charge on any atom is 0.129 e. The third-order valence-electron chi connectivity index (χ3n) is 3.85. The van der Waals surface area contributed by atoms with Crippen LogP contribution in [0.5, 0.6) is 0 Å². The summed E-state index contributed by atoms with van der Waals surface area (Å²) >= 11 is 0. The van der Waals surface area contributed by atoms with Crippen LogP contribution in [0, 0.1) is 20.8 Å². The van der Waals surface area contributed by atoms with Crippen molar-refractivity contribution in [1.82, 2.24) is 4.90 Å². The summed E-state index contributed by atoms with van der Waals surface area (Å²) in [5.74, 6) is 0.267. The second-order valence-corrected chi connectivity index (χ2v) is 5.44. The van der Waals surface area contributed by atoms with Crippen LogP contribution in [0.2, 0.25) is 0 Å². The van der Waals surface area contributed by atoms with Crippen molar-refractivity contribution in [2.75, 3.05) is 14.1 Å². The molecular weight excluding hydrogens is 222 g/mol. The first-order chi connectivity index (χ1) is 8.34. The summed E-state index contributed by atoms with van der Waals surface area (Å²) in [5, 5.41) is 0. The van der Waals surface area contributed by atoms with Crippen LogP contribution in [0.1, 0.15) is 48.1 Å². The molecule has 0 spiro atoms. The Kier molecular flexibility index (Phi) is 5.09. The van der Waals surface area contributed by atoms with E-state index in [1.165, 1.54) is 22.3 Å². The molecule has 0 amide bonds. The van der Waals surface area contributed by atoms with Gasteiger partial charge in [-0.3, -0.25) is 0 Å². The molecule has 0 saturated carbocycles. The fourth-order valence-corrected chi connectivity index (χ4v) is 2.37. The summed E-state index contributed by atoms with van der Waals surface area (Å²) < 4.78 is 0. The molecule has 2 heteroatoms. The first-order valence-corrected chi connectivity index (χ1v) is 6.57. The monoisotopic (exact) mass is 247 g/mol. The van der Waals surface area contributed by atoms with Crippen molar-refractivity contribution in [3.8, 4) is 0 Å². The molecule has 0 bridgehead atoms. The number of benzene rings is 1. The molecule has 0 aliphatic heterocycles. The number of ketones is 1. The lowest BCUT2D eigenvalue weighted by molar-refractivity contribution is -0.117. The van der Waals surface area contributed by atoms with Gasteiger partial charge in [0.05, 0.1) is 0 Å². The highest BCUT2D eigenvalue weighted by Crippen LogP contribution is 2.29. The van der Waals surface area contributed by atoms with E-state index in [4.69, 9.17) is 0 Å². The summed E-state index contributed by atoms with van der Waals surface area (Å²) in [4.78, 5) is 13.4.